The molecule has 3 rings (SSSR count). The van der Waals surface area contributed by atoms with Gasteiger partial charge in [-0.25, -0.2) is 0 Å². The number of benzene rings is 2. The van der Waals surface area contributed by atoms with E-state index in [4.69, 9.17) is 31.8 Å². The van der Waals surface area contributed by atoms with Crippen LogP contribution in [0, 0.1) is 13.8 Å². The molecule has 1 heterocycles. The summed E-state index contributed by atoms with van der Waals surface area (Å²) in [6, 6.07) is 10.7. The van der Waals surface area contributed by atoms with Gasteiger partial charge in [0.15, 0.2) is 5.88 Å². The number of aromatic nitrogens is 1. The van der Waals surface area contributed by atoms with E-state index in [1.54, 1.807) is 42.6 Å². The number of aryl methyl sites for hydroxylation is 2. The van der Waals surface area contributed by atoms with Crippen molar-refractivity contribution in [2.45, 2.75) is 34.1 Å². The minimum atomic E-state index is -0.389. The molecule has 0 aliphatic carbocycles. The number of fused-ring (bicyclic) bond motifs is 1. The quantitative estimate of drug-likeness (QED) is 0.309. The van der Waals surface area contributed by atoms with Gasteiger partial charge in [0, 0.05) is 40.9 Å². The number of carbonyl (C=O) groups excluding carboxylic acids is 1. The number of carbonyl (C=O) groups is 1. The number of allylic oxidation sites excluding steroid dienone is 1. The number of hydrogen-bond acceptors (Lipinski definition) is 6. The molecule has 2 aromatic carbocycles. The molecule has 0 aliphatic rings. The van der Waals surface area contributed by atoms with E-state index in [2.05, 4.69) is 4.99 Å². The summed E-state index contributed by atoms with van der Waals surface area (Å²) < 4.78 is 11.3. The van der Waals surface area contributed by atoms with Crippen LogP contribution in [0.3, 0.4) is 0 Å². The van der Waals surface area contributed by atoms with Crippen molar-refractivity contribution < 1.29 is 14.3 Å². The van der Waals surface area contributed by atoms with Gasteiger partial charge in [0.2, 0.25) is 0 Å². The number of halogens is 1. The third-order valence-corrected chi connectivity index (χ3v) is 4.90. The normalized spacial score (nSPS) is 11.8. The molecule has 6 nitrogen and oxygen atoms in total. The van der Waals surface area contributed by atoms with Crippen molar-refractivity contribution in [3.8, 4) is 11.5 Å². The highest BCUT2D eigenvalue weighted by molar-refractivity contribution is 6.30. The number of esters is 1. The summed E-state index contributed by atoms with van der Waals surface area (Å²) in [6.45, 7) is 7.22. The van der Waals surface area contributed by atoms with E-state index in [1.807, 2.05) is 26.8 Å². The lowest BCUT2D eigenvalue weighted by Gasteiger charge is -2.15. The first-order valence-electron chi connectivity index (χ1n) is 9.84. The Hall–Kier alpha value is -3.38. The predicted molar refractivity (Wildman–Crippen MR) is 124 cm³/mol. The first-order chi connectivity index (χ1) is 14.8. The van der Waals surface area contributed by atoms with Crippen LogP contribution in [0.15, 0.2) is 53.3 Å². The minimum absolute atomic E-state index is 0.167. The largest absolute Gasteiger partial charge is 0.442 e. The molecule has 0 fully saturated rings. The number of nitrogens with two attached hydrogens (primary N) is 1. The Balaban J connectivity index is 1.93. The Kier molecular flexibility index (Phi) is 6.92. The van der Waals surface area contributed by atoms with Crippen LogP contribution in [0.5, 0.6) is 11.5 Å². The summed E-state index contributed by atoms with van der Waals surface area (Å²) in [5, 5.41) is 1.34. The maximum Gasteiger partial charge on any atom is 0.308 e. The molecule has 0 spiro atoms. The summed E-state index contributed by atoms with van der Waals surface area (Å²) in [4.78, 5) is 20.7. The molecule has 160 valence electrons. The second-order valence-electron chi connectivity index (χ2n) is 7.02. The Morgan fingerprint density at radius 2 is 1.90 bits per heavy atom. The maximum atomic E-state index is 11.7. The van der Waals surface area contributed by atoms with Crippen LogP contribution in [-0.4, -0.2) is 17.2 Å². The zero-order chi connectivity index (χ0) is 22.5. The maximum absolute atomic E-state index is 11.7. The van der Waals surface area contributed by atoms with Crippen LogP contribution in [0.25, 0.3) is 10.9 Å². The molecular formula is C24H24ClN3O3. The zero-order valence-electron chi connectivity index (χ0n) is 17.9. The van der Waals surface area contributed by atoms with E-state index in [9.17, 15) is 4.79 Å². The van der Waals surface area contributed by atoms with Gasteiger partial charge in [0.1, 0.15) is 11.5 Å². The number of pyridine rings is 1. The van der Waals surface area contributed by atoms with Gasteiger partial charge in [-0.3, -0.25) is 14.8 Å². The highest BCUT2D eigenvalue weighted by Gasteiger charge is 2.17. The molecule has 1 aromatic heterocycles. The van der Waals surface area contributed by atoms with Crippen molar-refractivity contribution in [3.63, 3.8) is 0 Å². The fourth-order valence-corrected chi connectivity index (χ4v) is 3.32. The van der Waals surface area contributed by atoms with Gasteiger partial charge in [0.05, 0.1) is 11.2 Å². The number of aliphatic imine (C=N–C) groups is 1. The van der Waals surface area contributed by atoms with E-state index in [0.29, 0.717) is 21.9 Å². The lowest BCUT2D eigenvalue weighted by Crippen LogP contribution is -2.08. The van der Waals surface area contributed by atoms with E-state index in [0.717, 1.165) is 34.4 Å². The highest BCUT2D eigenvalue weighted by atomic mass is 35.5. The molecule has 2 N–H and O–H groups in total. The van der Waals surface area contributed by atoms with Crippen LogP contribution in [0.2, 0.25) is 5.02 Å². The van der Waals surface area contributed by atoms with Crippen LogP contribution in [0.4, 0.5) is 5.69 Å². The van der Waals surface area contributed by atoms with Crippen molar-refractivity contribution in [1.29, 1.82) is 0 Å². The third-order valence-electron chi connectivity index (χ3n) is 4.64. The third kappa shape index (κ3) is 5.41. The molecule has 3 aromatic rings. The van der Waals surface area contributed by atoms with Gasteiger partial charge in [-0.2, -0.15) is 0 Å². The molecule has 0 atom stereocenters. The summed E-state index contributed by atoms with van der Waals surface area (Å²) in [7, 11) is 0. The molecule has 0 saturated carbocycles. The van der Waals surface area contributed by atoms with E-state index in [1.165, 1.54) is 6.92 Å². The standard InChI is InChI=1S/C24H24ClN3O3/c1-5-21-15(3)24(30-16(4)29)20-13-19(12-14(2)23(20)28-21)31-22(26)10-11-27-18-8-6-17(25)7-9-18/h6-13H,5,26H2,1-4H3. The summed E-state index contributed by atoms with van der Waals surface area (Å²) in [5.74, 6) is 0.784. The van der Waals surface area contributed by atoms with Crippen LogP contribution in [-0.2, 0) is 11.2 Å². The number of rotatable bonds is 6. The van der Waals surface area contributed by atoms with Crippen molar-refractivity contribution in [2.24, 2.45) is 10.7 Å². The van der Waals surface area contributed by atoms with Gasteiger partial charge < -0.3 is 15.2 Å². The van der Waals surface area contributed by atoms with Gasteiger partial charge in [-0.15, -0.1) is 0 Å². The van der Waals surface area contributed by atoms with Gasteiger partial charge in [0.25, 0.3) is 0 Å². The second-order valence-corrected chi connectivity index (χ2v) is 7.46. The van der Waals surface area contributed by atoms with Gasteiger partial charge in [-0.05, 0) is 62.2 Å². The topological polar surface area (TPSA) is 86.8 Å². The lowest BCUT2D eigenvalue weighted by atomic mass is 10.0. The Morgan fingerprint density at radius 1 is 1.19 bits per heavy atom. The lowest BCUT2D eigenvalue weighted by molar-refractivity contribution is -0.131. The molecule has 0 amide bonds. The zero-order valence-corrected chi connectivity index (χ0v) is 18.7. The number of hydrogen-bond donors (Lipinski definition) is 1. The predicted octanol–water partition coefficient (Wildman–Crippen LogP) is 5.57. The van der Waals surface area contributed by atoms with E-state index < -0.39 is 0 Å². The minimum Gasteiger partial charge on any atom is -0.442 e. The number of ether oxygens (including phenoxy) is 2. The summed E-state index contributed by atoms with van der Waals surface area (Å²) in [5.41, 5.74) is 10.1. The van der Waals surface area contributed by atoms with Crippen molar-refractivity contribution in [1.82, 2.24) is 4.98 Å². The Labute approximate surface area is 186 Å². The fraction of sp³-hybridized carbons (Fsp3) is 0.208. The molecule has 31 heavy (non-hydrogen) atoms. The first-order valence-corrected chi connectivity index (χ1v) is 10.2. The monoisotopic (exact) mass is 437 g/mol. The first kappa shape index (κ1) is 22.3. The molecule has 7 heteroatoms. The average molecular weight is 438 g/mol. The number of nitrogens with zero attached hydrogens (tertiary/aromatic N) is 2. The fourth-order valence-electron chi connectivity index (χ4n) is 3.19. The smallest absolute Gasteiger partial charge is 0.308 e. The Morgan fingerprint density at radius 3 is 2.55 bits per heavy atom. The van der Waals surface area contributed by atoms with Crippen molar-refractivity contribution in [2.75, 3.05) is 0 Å². The van der Waals surface area contributed by atoms with Crippen LogP contribution in [0.1, 0.15) is 30.7 Å². The average Bonchev–Trinajstić information content (AvgIpc) is 2.71. The molecule has 0 aliphatic heterocycles. The summed E-state index contributed by atoms with van der Waals surface area (Å²) >= 11 is 5.87. The second kappa shape index (κ2) is 9.62. The van der Waals surface area contributed by atoms with Gasteiger partial charge in [-0.1, -0.05) is 18.5 Å². The molecule has 0 unspecified atom stereocenters. The van der Waals surface area contributed by atoms with Gasteiger partial charge >= 0.3 is 5.97 Å². The molecule has 0 radical (unpaired) electrons. The molecular weight excluding hydrogens is 414 g/mol. The highest BCUT2D eigenvalue weighted by Crippen LogP contribution is 2.35. The Bertz CT molecular complexity index is 1190. The van der Waals surface area contributed by atoms with Crippen LogP contribution >= 0.6 is 11.6 Å². The van der Waals surface area contributed by atoms with Crippen molar-refractivity contribution in [3.05, 3.63) is 70.2 Å². The van der Waals surface area contributed by atoms with E-state index in [-0.39, 0.29) is 11.9 Å². The molecule has 0 bridgehead atoms. The molecule has 0 saturated heterocycles. The van der Waals surface area contributed by atoms with Crippen molar-refractivity contribution >= 4 is 40.4 Å². The SMILES string of the molecule is CCc1nc2c(C)cc(OC(N)=CC=Nc3ccc(Cl)cc3)cc2c(OC(C)=O)c1C. The van der Waals surface area contributed by atoms with Crippen LogP contribution < -0.4 is 15.2 Å². The van der Waals surface area contributed by atoms with E-state index >= 15 is 0 Å². The summed E-state index contributed by atoms with van der Waals surface area (Å²) in [6.07, 6.45) is 3.84.